The Morgan fingerprint density at radius 3 is 2.37 bits per heavy atom. The molecule has 0 saturated carbocycles. The summed E-state index contributed by atoms with van der Waals surface area (Å²) in [7, 11) is 0. The standard InChI is InChI=1S/C14H19N3O2/c1-11-3-5-13(6-4-11)7-8-16-14(19)17-10-9-15-12(2)18/h3-8H,9-10H2,1-2H3,(H,15,18)(H2,16,17,19)/b8-7+. The van der Waals surface area contributed by atoms with E-state index >= 15 is 0 Å². The third-order valence-corrected chi connectivity index (χ3v) is 2.35. The average Bonchev–Trinajstić information content (AvgIpc) is 2.37. The fourth-order valence-electron chi connectivity index (χ4n) is 1.36. The molecule has 5 nitrogen and oxygen atoms in total. The van der Waals surface area contributed by atoms with Crippen LogP contribution in [0.15, 0.2) is 30.5 Å². The molecule has 0 bridgehead atoms. The Morgan fingerprint density at radius 1 is 1.11 bits per heavy atom. The van der Waals surface area contributed by atoms with Gasteiger partial charge >= 0.3 is 6.03 Å². The zero-order chi connectivity index (χ0) is 14.1. The van der Waals surface area contributed by atoms with E-state index < -0.39 is 0 Å². The molecule has 0 aliphatic carbocycles. The van der Waals surface area contributed by atoms with Gasteiger partial charge in [0, 0.05) is 26.2 Å². The molecular formula is C14H19N3O2. The van der Waals surface area contributed by atoms with Gasteiger partial charge in [0.25, 0.3) is 0 Å². The zero-order valence-electron chi connectivity index (χ0n) is 11.2. The Balaban J connectivity index is 2.22. The molecule has 0 aliphatic rings. The minimum absolute atomic E-state index is 0.110. The number of nitrogens with one attached hydrogen (secondary N) is 3. The van der Waals surface area contributed by atoms with Gasteiger partial charge in [0.05, 0.1) is 0 Å². The van der Waals surface area contributed by atoms with Gasteiger partial charge in [-0.15, -0.1) is 0 Å². The van der Waals surface area contributed by atoms with Gasteiger partial charge in [-0.05, 0) is 18.6 Å². The molecule has 0 unspecified atom stereocenters. The fourth-order valence-corrected chi connectivity index (χ4v) is 1.36. The van der Waals surface area contributed by atoms with Crippen LogP contribution in [0.4, 0.5) is 4.79 Å². The van der Waals surface area contributed by atoms with Gasteiger partial charge in [-0.2, -0.15) is 0 Å². The quantitative estimate of drug-likeness (QED) is 0.701. The summed E-state index contributed by atoms with van der Waals surface area (Å²) < 4.78 is 0. The Kier molecular flexibility index (Phi) is 6.15. The molecule has 0 saturated heterocycles. The maximum atomic E-state index is 11.3. The number of rotatable bonds is 5. The topological polar surface area (TPSA) is 70.2 Å². The highest BCUT2D eigenvalue weighted by molar-refractivity contribution is 5.76. The predicted octanol–water partition coefficient (Wildman–Crippen LogP) is 1.40. The predicted molar refractivity (Wildman–Crippen MR) is 75.4 cm³/mol. The van der Waals surface area contributed by atoms with E-state index in [-0.39, 0.29) is 11.9 Å². The summed E-state index contributed by atoms with van der Waals surface area (Å²) in [6.45, 7) is 4.27. The molecule has 0 atom stereocenters. The van der Waals surface area contributed by atoms with Crippen LogP contribution in [0.5, 0.6) is 0 Å². The van der Waals surface area contributed by atoms with Gasteiger partial charge < -0.3 is 16.0 Å². The summed E-state index contributed by atoms with van der Waals surface area (Å²) >= 11 is 0. The number of urea groups is 1. The zero-order valence-corrected chi connectivity index (χ0v) is 11.2. The van der Waals surface area contributed by atoms with Crippen molar-refractivity contribution in [2.75, 3.05) is 13.1 Å². The molecule has 3 N–H and O–H groups in total. The largest absolute Gasteiger partial charge is 0.355 e. The summed E-state index contributed by atoms with van der Waals surface area (Å²) in [6.07, 6.45) is 3.39. The van der Waals surface area contributed by atoms with Crippen LogP contribution < -0.4 is 16.0 Å². The van der Waals surface area contributed by atoms with Gasteiger partial charge in [0.2, 0.25) is 5.91 Å². The van der Waals surface area contributed by atoms with Crippen LogP contribution >= 0.6 is 0 Å². The lowest BCUT2D eigenvalue weighted by atomic mass is 10.1. The third kappa shape index (κ3) is 6.88. The van der Waals surface area contributed by atoms with Crippen LogP contribution in [0.2, 0.25) is 0 Å². The summed E-state index contributed by atoms with van der Waals surface area (Å²) in [5, 5.41) is 7.80. The van der Waals surface area contributed by atoms with Crippen LogP contribution in [0.1, 0.15) is 18.1 Å². The third-order valence-electron chi connectivity index (χ3n) is 2.35. The number of aryl methyl sites for hydroxylation is 1. The summed E-state index contributed by atoms with van der Waals surface area (Å²) in [4.78, 5) is 21.9. The normalized spacial score (nSPS) is 10.2. The molecule has 102 valence electrons. The van der Waals surface area contributed by atoms with Crippen molar-refractivity contribution in [3.63, 3.8) is 0 Å². The van der Waals surface area contributed by atoms with Crippen molar-refractivity contribution >= 4 is 18.0 Å². The first-order valence-corrected chi connectivity index (χ1v) is 6.10. The molecular weight excluding hydrogens is 242 g/mol. The lowest BCUT2D eigenvalue weighted by Crippen LogP contribution is -2.37. The molecule has 19 heavy (non-hydrogen) atoms. The Bertz CT molecular complexity index is 452. The van der Waals surface area contributed by atoms with Crippen molar-refractivity contribution < 1.29 is 9.59 Å². The first-order chi connectivity index (χ1) is 9.08. The van der Waals surface area contributed by atoms with Crippen molar-refractivity contribution in [2.24, 2.45) is 0 Å². The maximum Gasteiger partial charge on any atom is 0.318 e. The second kappa shape index (κ2) is 7.92. The van der Waals surface area contributed by atoms with E-state index in [2.05, 4.69) is 16.0 Å². The van der Waals surface area contributed by atoms with E-state index in [1.807, 2.05) is 37.3 Å². The first-order valence-electron chi connectivity index (χ1n) is 6.10. The Morgan fingerprint density at radius 2 is 1.74 bits per heavy atom. The number of amides is 3. The molecule has 1 aromatic carbocycles. The molecule has 0 aromatic heterocycles. The number of benzene rings is 1. The van der Waals surface area contributed by atoms with Gasteiger partial charge in [-0.25, -0.2) is 4.79 Å². The van der Waals surface area contributed by atoms with Gasteiger partial charge in [-0.1, -0.05) is 29.8 Å². The fraction of sp³-hybridized carbons (Fsp3) is 0.286. The summed E-state index contributed by atoms with van der Waals surface area (Å²) in [5.74, 6) is -0.110. The highest BCUT2D eigenvalue weighted by atomic mass is 16.2. The monoisotopic (exact) mass is 261 g/mol. The number of carbonyl (C=O) groups is 2. The van der Waals surface area contributed by atoms with E-state index in [9.17, 15) is 9.59 Å². The molecule has 0 radical (unpaired) electrons. The van der Waals surface area contributed by atoms with Crippen molar-refractivity contribution in [3.05, 3.63) is 41.6 Å². The van der Waals surface area contributed by atoms with E-state index in [0.717, 1.165) is 5.56 Å². The second-order valence-corrected chi connectivity index (χ2v) is 4.13. The van der Waals surface area contributed by atoms with Crippen molar-refractivity contribution in [3.8, 4) is 0 Å². The van der Waals surface area contributed by atoms with Crippen LogP contribution in [0.25, 0.3) is 6.08 Å². The van der Waals surface area contributed by atoms with E-state index in [1.54, 1.807) is 6.20 Å². The number of hydrogen-bond acceptors (Lipinski definition) is 2. The molecule has 0 spiro atoms. The van der Waals surface area contributed by atoms with Crippen LogP contribution in [-0.2, 0) is 4.79 Å². The first kappa shape index (κ1) is 14.8. The van der Waals surface area contributed by atoms with Crippen molar-refractivity contribution in [1.29, 1.82) is 0 Å². The SMILES string of the molecule is CC(=O)NCCNC(=O)N/C=C/c1ccc(C)cc1. The highest BCUT2D eigenvalue weighted by Crippen LogP contribution is 2.03. The van der Waals surface area contributed by atoms with E-state index in [0.29, 0.717) is 13.1 Å². The average molecular weight is 261 g/mol. The van der Waals surface area contributed by atoms with Gasteiger partial charge in [-0.3, -0.25) is 4.79 Å². The van der Waals surface area contributed by atoms with Gasteiger partial charge in [0.1, 0.15) is 0 Å². The van der Waals surface area contributed by atoms with E-state index in [4.69, 9.17) is 0 Å². The molecule has 1 aromatic rings. The highest BCUT2D eigenvalue weighted by Gasteiger charge is 1.96. The smallest absolute Gasteiger partial charge is 0.318 e. The number of hydrogen-bond donors (Lipinski definition) is 3. The molecule has 1 rings (SSSR count). The lowest BCUT2D eigenvalue weighted by Gasteiger charge is -2.04. The second-order valence-electron chi connectivity index (χ2n) is 4.13. The van der Waals surface area contributed by atoms with Crippen LogP contribution in [0, 0.1) is 6.92 Å². The minimum atomic E-state index is -0.297. The van der Waals surface area contributed by atoms with Crippen molar-refractivity contribution in [1.82, 2.24) is 16.0 Å². The molecule has 0 fully saturated rings. The summed E-state index contributed by atoms with van der Waals surface area (Å²) in [6, 6.07) is 7.67. The number of carbonyl (C=O) groups excluding carboxylic acids is 2. The molecule has 3 amide bonds. The maximum absolute atomic E-state index is 11.3. The van der Waals surface area contributed by atoms with Gasteiger partial charge in [0.15, 0.2) is 0 Å². The van der Waals surface area contributed by atoms with Crippen LogP contribution in [-0.4, -0.2) is 25.0 Å². The van der Waals surface area contributed by atoms with Crippen LogP contribution in [0.3, 0.4) is 0 Å². The summed E-state index contributed by atoms with van der Waals surface area (Å²) in [5.41, 5.74) is 2.21. The molecule has 0 heterocycles. The Labute approximate surface area is 113 Å². The van der Waals surface area contributed by atoms with Crippen molar-refractivity contribution in [2.45, 2.75) is 13.8 Å². The van der Waals surface area contributed by atoms with E-state index in [1.165, 1.54) is 12.5 Å². The molecule has 0 aliphatic heterocycles. The molecule has 5 heteroatoms. The lowest BCUT2D eigenvalue weighted by molar-refractivity contribution is -0.118. The minimum Gasteiger partial charge on any atom is -0.355 e. The Hall–Kier alpha value is -2.30.